The number of aromatic nitrogens is 3. The first-order chi connectivity index (χ1) is 10.2. The minimum absolute atomic E-state index is 0.374. The van der Waals surface area contributed by atoms with Crippen LogP contribution in [0.15, 0.2) is 10.9 Å². The van der Waals surface area contributed by atoms with Crippen molar-refractivity contribution >= 4 is 16.9 Å². The molecule has 1 saturated heterocycles. The Labute approximate surface area is 124 Å². The van der Waals surface area contributed by atoms with Crippen LogP contribution in [0, 0.1) is 12.8 Å². The monoisotopic (exact) mass is 289 g/mol. The number of aryl methyl sites for hydroxylation is 1. The third-order valence-electron chi connectivity index (χ3n) is 4.17. The molecule has 21 heavy (non-hydrogen) atoms. The molecule has 1 fully saturated rings. The molecule has 1 N–H and O–H groups in total. The second-order valence-electron chi connectivity index (χ2n) is 6.10. The van der Waals surface area contributed by atoms with Gasteiger partial charge in [-0.3, -0.25) is 0 Å². The Hall–Kier alpha value is -1.69. The summed E-state index contributed by atoms with van der Waals surface area (Å²) in [6, 6.07) is 0.374. The molecule has 1 aliphatic heterocycles. The molecular weight excluding hydrogens is 266 g/mol. The first kappa shape index (κ1) is 14.3. The second-order valence-corrected chi connectivity index (χ2v) is 6.10. The van der Waals surface area contributed by atoms with Crippen molar-refractivity contribution in [1.29, 1.82) is 0 Å². The van der Waals surface area contributed by atoms with Gasteiger partial charge >= 0.3 is 0 Å². The number of nitrogens with one attached hydrogen (secondary N) is 1. The molecule has 1 aliphatic rings. The van der Waals surface area contributed by atoms with E-state index in [1.165, 1.54) is 12.8 Å². The van der Waals surface area contributed by atoms with E-state index in [2.05, 4.69) is 39.2 Å². The lowest BCUT2D eigenvalue weighted by Crippen LogP contribution is -2.41. The van der Waals surface area contributed by atoms with Crippen molar-refractivity contribution in [2.24, 2.45) is 5.92 Å². The van der Waals surface area contributed by atoms with Gasteiger partial charge in [0.2, 0.25) is 0 Å². The van der Waals surface area contributed by atoms with Gasteiger partial charge in [0.1, 0.15) is 17.5 Å². The Morgan fingerprint density at radius 2 is 2.29 bits per heavy atom. The zero-order valence-electron chi connectivity index (χ0n) is 13.0. The van der Waals surface area contributed by atoms with Gasteiger partial charge in [0, 0.05) is 12.6 Å². The molecule has 1 atom stereocenters. The van der Waals surface area contributed by atoms with Gasteiger partial charge in [0.15, 0.2) is 0 Å². The summed E-state index contributed by atoms with van der Waals surface area (Å²) in [5.41, 5.74) is 1.43. The predicted octanol–water partition coefficient (Wildman–Crippen LogP) is 2.14. The third-order valence-corrected chi connectivity index (χ3v) is 4.17. The molecular formula is C15H23N5O. The highest BCUT2D eigenvalue weighted by atomic mass is 16.5. The molecule has 3 heterocycles. The Morgan fingerprint density at radius 1 is 1.43 bits per heavy atom. The molecule has 0 aliphatic carbocycles. The van der Waals surface area contributed by atoms with E-state index in [9.17, 15) is 0 Å². The normalized spacial score (nSPS) is 19.3. The standard InChI is InChI=1S/C15H23N5O/c1-10(2)20(8-12-5-4-6-16-7-12)14-13-11(3)19-21-15(13)18-9-17-14/h9-10,12,16H,4-8H2,1-3H3. The van der Waals surface area contributed by atoms with Crippen LogP contribution in [0.1, 0.15) is 32.4 Å². The van der Waals surface area contributed by atoms with Gasteiger partial charge in [-0.2, -0.15) is 4.98 Å². The SMILES string of the molecule is Cc1noc2ncnc(N(CC3CCCNC3)C(C)C)c12. The van der Waals surface area contributed by atoms with E-state index in [1.54, 1.807) is 6.33 Å². The number of anilines is 1. The second kappa shape index (κ2) is 5.97. The molecule has 6 nitrogen and oxygen atoms in total. The highest BCUT2D eigenvalue weighted by molar-refractivity contribution is 5.87. The van der Waals surface area contributed by atoms with E-state index in [4.69, 9.17) is 4.52 Å². The minimum Gasteiger partial charge on any atom is -0.353 e. The summed E-state index contributed by atoms with van der Waals surface area (Å²) < 4.78 is 5.27. The molecule has 0 saturated carbocycles. The molecule has 0 spiro atoms. The molecule has 0 radical (unpaired) electrons. The first-order valence-electron chi connectivity index (χ1n) is 7.71. The maximum absolute atomic E-state index is 5.27. The van der Waals surface area contributed by atoms with Crippen molar-refractivity contribution in [2.45, 2.75) is 39.7 Å². The highest BCUT2D eigenvalue weighted by Gasteiger charge is 2.23. The summed E-state index contributed by atoms with van der Waals surface area (Å²) in [6.45, 7) is 9.57. The lowest BCUT2D eigenvalue weighted by molar-refractivity contribution is 0.370. The van der Waals surface area contributed by atoms with E-state index in [0.29, 0.717) is 17.7 Å². The van der Waals surface area contributed by atoms with E-state index in [1.807, 2.05) is 6.92 Å². The fourth-order valence-corrected chi connectivity index (χ4v) is 3.02. The van der Waals surface area contributed by atoms with Gasteiger partial charge in [-0.05, 0) is 52.6 Å². The summed E-state index contributed by atoms with van der Waals surface area (Å²) in [4.78, 5) is 11.0. The number of hydrogen-bond acceptors (Lipinski definition) is 6. The Morgan fingerprint density at radius 3 is 3.00 bits per heavy atom. The van der Waals surface area contributed by atoms with Crippen molar-refractivity contribution in [3.8, 4) is 0 Å². The zero-order valence-corrected chi connectivity index (χ0v) is 13.0. The molecule has 2 aromatic heterocycles. The third kappa shape index (κ3) is 2.85. The fraction of sp³-hybridized carbons (Fsp3) is 0.667. The van der Waals surface area contributed by atoms with Crippen molar-refractivity contribution in [3.63, 3.8) is 0 Å². The number of nitrogens with zero attached hydrogens (tertiary/aromatic N) is 4. The number of piperidine rings is 1. The number of rotatable bonds is 4. The maximum Gasteiger partial charge on any atom is 0.263 e. The average Bonchev–Trinajstić information content (AvgIpc) is 2.87. The highest BCUT2D eigenvalue weighted by Crippen LogP contribution is 2.28. The largest absolute Gasteiger partial charge is 0.353 e. The molecule has 0 amide bonds. The molecule has 114 valence electrons. The number of hydrogen-bond donors (Lipinski definition) is 1. The summed E-state index contributed by atoms with van der Waals surface area (Å²) >= 11 is 0. The summed E-state index contributed by atoms with van der Waals surface area (Å²) in [6.07, 6.45) is 4.09. The fourth-order valence-electron chi connectivity index (χ4n) is 3.02. The Balaban J connectivity index is 1.93. The summed E-state index contributed by atoms with van der Waals surface area (Å²) in [7, 11) is 0. The topological polar surface area (TPSA) is 67.1 Å². The number of fused-ring (bicyclic) bond motifs is 1. The van der Waals surface area contributed by atoms with Gasteiger partial charge in [0.05, 0.1) is 5.69 Å². The van der Waals surface area contributed by atoms with Gasteiger partial charge < -0.3 is 14.7 Å². The van der Waals surface area contributed by atoms with Crippen LogP contribution in [-0.4, -0.2) is 40.8 Å². The summed E-state index contributed by atoms with van der Waals surface area (Å²) in [5, 5.41) is 8.45. The van der Waals surface area contributed by atoms with Gasteiger partial charge in [-0.15, -0.1) is 0 Å². The van der Waals surface area contributed by atoms with Crippen LogP contribution in [0.5, 0.6) is 0 Å². The van der Waals surface area contributed by atoms with Crippen LogP contribution < -0.4 is 10.2 Å². The Kier molecular flexibility index (Phi) is 4.05. The van der Waals surface area contributed by atoms with Crippen molar-refractivity contribution in [1.82, 2.24) is 20.4 Å². The molecule has 2 aromatic rings. The smallest absolute Gasteiger partial charge is 0.263 e. The van der Waals surface area contributed by atoms with Gasteiger partial charge in [-0.25, -0.2) is 4.98 Å². The Bertz CT molecular complexity index is 603. The van der Waals surface area contributed by atoms with Gasteiger partial charge in [-0.1, -0.05) is 5.16 Å². The molecule has 1 unspecified atom stereocenters. The molecule has 3 rings (SSSR count). The van der Waals surface area contributed by atoms with Crippen molar-refractivity contribution in [3.05, 3.63) is 12.0 Å². The van der Waals surface area contributed by atoms with Gasteiger partial charge in [0.25, 0.3) is 5.71 Å². The van der Waals surface area contributed by atoms with Crippen LogP contribution in [-0.2, 0) is 0 Å². The van der Waals surface area contributed by atoms with E-state index in [-0.39, 0.29) is 0 Å². The van der Waals surface area contributed by atoms with Crippen LogP contribution in [0.2, 0.25) is 0 Å². The van der Waals surface area contributed by atoms with Crippen LogP contribution in [0.25, 0.3) is 11.1 Å². The van der Waals surface area contributed by atoms with E-state index in [0.717, 1.165) is 36.5 Å². The van der Waals surface area contributed by atoms with E-state index < -0.39 is 0 Å². The molecule has 6 heteroatoms. The molecule has 0 aromatic carbocycles. The first-order valence-corrected chi connectivity index (χ1v) is 7.71. The zero-order chi connectivity index (χ0) is 14.8. The van der Waals surface area contributed by atoms with Crippen LogP contribution in [0.3, 0.4) is 0 Å². The quantitative estimate of drug-likeness (QED) is 0.930. The minimum atomic E-state index is 0.374. The van der Waals surface area contributed by atoms with Crippen LogP contribution >= 0.6 is 0 Å². The lowest BCUT2D eigenvalue weighted by atomic mass is 9.98. The van der Waals surface area contributed by atoms with E-state index >= 15 is 0 Å². The predicted molar refractivity (Wildman–Crippen MR) is 82.4 cm³/mol. The average molecular weight is 289 g/mol. The summed E-state index contributed by atoms with van der Waals surface area (Å²) in [5.74, 6) is 1.60. The maximum atomic E-state index is 5.27. The lowest BCUT2D eigenvalue weighted by Gasteiger charge is -2.33. The van der Waals surface area contributed by atoms with Crippen molar-refractivity contribution < 1.29 is 4.52 Å². The molecule has 0 bridgehead atoms. The van der Waals surface area contributed by atoms with Crippen LogP contribution in [0.4, 0.5) is 5.82 Å². The van der Waals surface area contributed by atoms with Crippen molar-refractivity contribution in [2.75, 3.05) is 24.5 Å².